The maximum Gasteiger partial charge on any atom is 0.252 e. The quantitative estimate of drug-likeness (QED) is 0.757. The first-order chi connectivity index (χ1) is 9.98. The van der Waals surface area contributed by atoms with Crippen molar-refractivity contribution in [2.75, 3.05) is 13.6 Å². The summed E-state index contributed by atoms with van der Waals surface area (Å²) in [6.45, 7) is 5.00. The molecular formula is C15H26N2O2S2. The third kappa shape index (κ3) is 4.28. The van der Waals surface area contributed by atoms with Crippen molar-refractivity contribution in [1.82, 2.24) is 9.62 Å². The monoisotopic (exact) mass is 330 g/mol. The van der Waals surface area contributed by atoms with Crippen LogP contribution in [0.4, 0.5) is 0 Å². The van der Waals surface area contributed by atoms with Crippen molar-refractivity contribution in [3.8, 4) is 0 Å². The molecule has 0 spiro atoms. The molecule has 2 rings (SSSR count). The van der Waals surface area contributed by atoms with Crippen LogP contribution in [0.2, 0.25) is 0 Å². The largest absolute Gasteiger partial charge is 0.314 e. The van der Waals surface area contributed by atoms with E-state index in [1.54, 1.807) is 13.1 Å². The van der Waals surface area contributed by atoms with Crippen molar-refractivity contribution in [3.05, 3.63) is 17.0 Å². The molecule has 6 heteroatoms. The Bertz CT molecular complexity index is 546. The van der Waals surface area contributed by atoms with Crippen molar-refractivity contribution in [1.29, 1.82) is 0 Å². The van der Waals surface area contributed by atoms with E-state index in [0.717, 1.165) is 30.7 Å². The summed E-state index contributed by atoms with van der Waals surface area (Å²) in [6, 6.07) is 4.49. The van der Waals surface area contributed by atoms with Crippen LogP contribution in [-0.4, -0.2) is 38.4 Å². The molecule has 1 aromatic rings. The minimum Gasteiger partial charge on any atom is -0.314 e. The van der Waals surface area contributed by atoms with Crippen LogP contribution in [0.15, 0.2) is 16.3 Å². The van der Waals surface area contributed by atoms with Gasteiger partial charge in [0.2, 0.25) is 0 Å². The number of hydrogen-bond donors (Lipinski definition) is 1. The Morgan fingerprint density at radius 1 is 1.33 bits per heavy atom. The lowest BCUT2D eigenvalue weighted by Crippen LogP contribution is -2.35. The predicted molar refractivity (Wildman–Crippen MR) is 88.4 cm³/mol. The first kappa shape index (κ1) is 16.9. The van der Waals surface area contributed by atoms with E-state index in [-0.39, 0.29) is 6.04 Å². The highest BCUT2D eigenvalue weighted by atomic mass is 32.2. The van der Waals surface area contributed by atoms with Crippen LogP contribution in [0.5, 0.6) is 0 Å². The topological polar surface area (TPSA) is 49.4 Å². The average Bonchev–Trinajstić information content (AvgIpc) is 3.15. The number of rotatable bonds is 9. The van der Waals surface area contributed by atoms with E-state index >= 15 is 0 Å². The number of hydrogen-bond acceptors (Lipinski definition) is 4. The highest BCUT2D eigenvalue weighted by molar-refractivity contribution is 7.91. The molecule has 1 N–H and O–H groups in total. The van der Waals surface area contributed by atoms with Gasteiger partial charge in [-0.1, -0.05) is 13.8 Å². The third-order valence-corrected chi connectivity index (χ3v) is 7.63. The molecule has 1 aliphatic carbocycles. The molecule has 1 saturated carbocycles. The van der Waals surface area contributed by atoms with Gasteiger partial charge >= 0.3 is 0 Å². The molecule has 1 aliphatic rings. The fourth-order valence-electron chi connectivity index (χ4n) is 2.46. The number of thiophene rings is 1. The van der Waals surface area contributed by atoms with Crippen LogP contribution in [-0.2, 0) is 16.4 Å². The van der Waals surface area contributed by atoms with Crippen LogP contribution in [0.25, 0.3) is 0 Å². The van der Waals surface area contributed by atoms with E-state index in [2.05, 4.69) is 5.32 Å². The first-order valence-corrected chi connectivity index (χ1v) is 10.0. The minimum atomic E-state index is -3.34. The van der Waals surface area contributed by atoms with Crippen LogP contribution >= 0.6 is 11.3 Å². The van der Waals surface area contributed by atoms with Crippen LogP contribution in [0.3, 0.4) is 0 Å². The summed E-state index contributed by atoms with van der Waals surface area (Å²) in [4.78, 5) is 1.14. The molecule has 0 radical (unpaired) electrons. The Labute approximate surface area is 132 Å². The summed E-state index contributed by atoms with van der Waals surface area (Å²) in [5.74, 6) is 0. The Kier molecular flexibility index (Phi) is 5.82. The summed E-state index contributed by atoms with van der Waals surface area (Å²) < 4.78 is 27.2. The maximum atomic E-state index is 12.6. The van der Waals surface area contributed by atoms with Crippen molar-refractivity contribution < 1.29 is 8.42 Å². The zero-order chi connectivity index (χ0) is 15.5. The number of nitrogens with zero attached hydrogens (tertiary/aromatic N) is 1. The number of nitrogens with one attached hydrogen (secondary N) is 1. The zero-order valence-electron chi connectivity index (χ0n) is 13.1. The summed E-state index contributed by atoms with van der Waals surface area (Å²) in [5, 5.41) is 3.46. The maximum absolute atomic E-state index is 12.6. The zero-order valence-corrected chi connectivity index (χ0v) is 14.8. The lowest BCUT2D eigenvalue weighted by atomic mass is 10.2. The molecule has 1 heterocycles. The Balaban J connectivity index is 2.00. The highest BCUT2D eigenvalue weighted by Gasteiger charge is 2.27. The third-order valence-electron chi connectivity index (χ3n) is 4.11. The van der Waals surface area contributed by atoms with E-state index in [0.29, 0.717) is 10.3 Å². The second kappa shape index (κ2) is 7.22. The normalized spacial score (nSPS) is 16.0. The summed E-state index contributed by atoms with van der Waals surface area (Å²) in [5.41, 5.74) is 0. The molecule has 0 bridgehead atoms. The molecule has 1 fully saturated rings. The first-order valence-electron chi connectivity index (χ1n) is 7.79. The van der Waals surface area contributed by atoms with Gasteiger partial charge in [-0.05, 0) is 44.2 Å². The van der Waals surface area contributed by atoms with Gasteiger partial charge in [-0.15, -0.1) is 11.3 Å². The second-order valence-corrected chi connectivity index (χ2v) is 9.08. The molecule has 4 nitrogen and oxygen atoms in total. The van der Waals surface area contributed by atoms with Gasteiger partial charge in [0.25, 0.3) is 10.0 Å². The van der Waals surface area contributed by atoms with Crippen molar-refractivity contribution in [3.63, 3.8) is 0 Å². The van der Waals surface area contributed by atoms with Gasteiger partial charge in [0.15, 0.2) is 0 Å². The van der Waals surface area contributed by atoms with Gasteiger partial charge in [-0.3, -0.25) is 0 Å². The summed E-state index contributed by atoms with van der Waals surface area (Å²) >= 11 is 1.41. The van der Waals surface area contributed by atoms with Crippen molar-refractivity contribution >= 4 is 21.4 Å². The van der Waals surface area contributed by atoms with Crippen LogP contribution in [0.1, 0.15) is 44.4 Å². The van der Waals surface area contributed by atoms with Crippen molar-refractivity contribution in [2.45, 2.75) is 62.2 Å². The van der Waals surface area contributed by atoms with E-state index < -0.39 is 10.0 Å². The lowest BCUT2D eigenvalue weighted by molar-refractivity contribution is 0.350. The van der Waals surface area contributed by atoms with E-state index in [4.69, 9.17) is 0 Å². The summed E-state index contributed by atoms with van der Waals surface area (Å²) in [7, 11) is -1.64. The molecule has 0 atom stereocenters. The standard InChI is InChI=1S/C15H26N2O2S2/c1-4-13(5-2)17(3)21(18,19)15-9-8-14(20-15)10-11-16-12-6-7-12/h8-9,12-13,16H,4-7,10-11H2,1-3H3. The van der Waals surface area contributed by atoms with Crippen molar-refractivity contribution in [2.24, 2.45) is 0 Å². The number of sulfonamides is 1. The average molecular weight is 331 g/mol. The van der Waals surface area contributed by atoms with Gasteiger partial charge in [0.1, 0.15) is 4.21 Å². The van der Waals surface area contributed by atoms with Gasteiger partial charge < -0.3 is 5.32 Å². The molecule has 120 valence electrons. The van der Waals surface area contributed by atoms with Gasteiger partial charge in [0, 0.05) is 30.6 Å². The van der Waals surface area contributed by atoms with Gasteiger partial charge in [-0.25, -0.2) is 8.42 Å². The highest BCUT2D eigenvalue weighted by Crippen LogP contribution is 2.27. The molecule has 1 aromatic heterocycles. The van der Waals surface area contributed by atoms with E-state index in [1.807, 2.05) is 19.9 Å². The van der Waals surface area contributed by atoms with E-state index in [9.17, 15) is 8.42 Å². The molecular weight excluding hydrogens is 304 g/mol. The van der Waals surface area contributed by atoms with Crippen LogP contribution in [0, 0.1) is 0 Å². The Hall–Kier alpha value is -0.430. The fraction of sp³-hybridized carbons (Fsp3) is 0.733. The van der Waals surface area contributed by atoms with Gasteiger partial charge in [0.05, 0.1) is 0 Å². The predicted octanol–water partition coefficient (Wildman–Crippen LogP) is 2.85. The van der Waals surface area contributed by atoms with Crippen LogP contribution < -0.4 is 5.32 Å². The fourth-order valence-corrected chi connectivity index (χ4v) is 5.50. The Morgan fingerprint density at radius 3 is 2.57 bits per heavy atom. The Morgan fingerprint density at radius 2 is 2.00 bits per heavy atom. The smallest absolute Gasteiger partial charge is 0.252 e. The molecule has 0 saturated heterocycles. The molecule has 0 amide bonds. The molecule has 0 unspecified atom stereocenters. The SMILES string of the molecule is CCC(CC)N(C)S(=O)(=O)c1ccc(CCNC2CC2)s1. The molecule has 0 aromatic carbocycles. The minimum absolute atomic E-state index is 0.0806. The molecule has 0 aliphatic heterocycles. The second-order valence-electron chi connectivity index (χ2n) is 5.69. The molecule has 21 heavy (non-hydrogen) atoms. The van der Waals surface area contributed by atoms with E-state index in [1.165, 1.54) is 28.5 Å². The lowest BCUT2D eigenvalue weighted by Gasteiger charge is -2.24. The summed E-state index contributed by atoms with van der Waals surface area (Å²) in [6.07, 6.45) is 5.16. The van der Waals surface area contributed by atoms with Gasteiger partial charge in [-0.2, -0.15) is 4.31 Å².